The SMILES string of the molecule is C=C1CO[C@@H]2[C@@H](C)C(=NC(C)=O)[C@H](C)C[C@@](C)(OC1)C(O[C@@H]1O[C@H](C)C[C@H](N(C)C)[C@H]1OC(C)=O)[C@@H](C)[C@H](O)[C@@H](C)C(=O)O[C@H](CC)[C@@]2(C)O. The van der Waals surface area contributed by atoms with Crippen LogP contribution in [0.15, 0.2) is 17.1 Å². The van der Waals surface area contributed by atoms with Crippen LogP contribution in [0.5, 0.6) is 0 Å². The Bertz CT molecular complexity index is 1250. The van der Waals surface area contributed by atoms with Crippen LogP contribution in [0.2, 0.25) is 0 Å². The van der Waals surface area contributed by atoms with Crippen LogP contribution in [0.4, 0.5) is 0 Å². The Morgan fingerprint density at radius 3 is 2.28 bits per heavy atom. The molecule has 13 heteroatoms. The average molecular weight is 711 g/mol. The van der Waals surface area contributed by atoms with Crippen molar-refractivity contribution < 1.29 is 53.0 Å². The van der Waals surface area contributed by atoms with Crippen molar-refractivity contribution in [3.05, 3.63) is 12.2 Å². The van der Waals surface area contributed by atoms with E-state index in [1.54, 1.807) is 27.7 Å². The highest BCUT2D eigenvalue weighted by atomic mass is 16.7. The van der Waals surface area contributed by atoms with E-state index < -0.39 is 89.5 Å². The molecule has 0 saturated carbocycles. The largest absolute Gasteiger partial charge is 0.459 e. The molecule has 3 saturated heterocycles. The monoisotopic (exact) mass is 710 g/mol. The number of aliphatic hydroxyl groups excluding tert-OH is 1. The molecule has 3 aliphatic rings. The van der Waals surface area contributed by atoms with Crippen molar-refractivity contribution in [1.82, 2.24) is 4.90 Å². The maximum Gasteiger partial charge on any atom is 0.311 e. The molecule has 14 atom stereocenters. The maximum absolute atomic E-state index is 13.8. The van der Waals surface area contributed by atoms with Gasteiger partial charge in [-0.1, -0.05) is 34.3 Å². The van der Waals surface area contributed by atoms with Gasteiger partial charge >= 0.3 is 11.9 Å². The first kappa shape index (κ1) is 42.2. The predicted molar refractivity (Wildman–Crippen MR) is 186 cm³/mol. The highest BCUT2D eigenvalue weighted by Crippen LogP contribution is 2.41. The van der Waals surface area contributed by atoms with Crippen LogP contribution in [-0.4, -0.2) is 126 Å². The van der Waals surface area contributed by atoms with Crippen LogP contribution in [0.3, 0.4) is 0 Å². The second-order valence-electron chi connectivity index (χ2n) is 15.4. The number of ether oxygens (including phenoxy) is 6. The van der Waals surface area contributed by atoms with Crippen molar-refractivity contribution in [2.75, 3.05) is 27.3 Å². The third-order valence-corrected chi connectivity index (χ3v) is 10.7. The molecule has 0 aromatic carbocycles. The third-order valence-electron chi connectivity index (χ3n) is 10.7. The molecule has 3 rings (SSSR count). The summed E-state index contributed by atoms with van der Waals surface area (Å²) in [6, 6.07) is -0.247. The first-order valence-corrected chi connectivity index (χ1v) is 17.9. The van der Waals surface area contributed by atoms with Crippen molar-refractivity contribution in [3.8, 4) is 0 Å². The van der Waals surface area contributed by atoms with Gasteiger partial charge in [-0.2, -0.15) is 0 Å². The molecule has 1 unspecified atom stereocenters. The summed E-state index contributed by atoms with van der Waals surface area (Å²) < 4.78 is 38.2. The number of hydrogen-bond acceptors (Lipinski definition) is 12. The van der Waals surface area contributed by atoms with E-state index in [1.807, 2.05) is 46.7 Å². The van der Waals surface area contributed by atoms with Crippen molar-refractivity contribution in [2.45, 2.75) is 149 Å². The van der Waals surface area contributed by atoms with E-state index in [4.69, 9.17) is 28.4 Å². The summed E-state index contributed by atoms with van der Waals surface area (Å²) in [7, 11) is 3.79. The molecule has 50 heavy (non-hydrogen) atoms. The van der Waals surface area contributed by atoms with E-state index >= 15 is 0 Å². The summed E-state index contributed by atoms with van der Waals surface area (Å²) in [4.78, 5) is 45.2. The molecule has 2 bridgehead atoms. The molecule has 286 valence electrons. The number of fused-ring (bicyclic) bond motifs is 5. The number of nitrogens with zero attached hydrogens (tertiary/aromatic N) is 2. The van der Waals surface area contributed by atoms with E-state index in [-0.39, 0.29) is 38.2 Å². The van der Waals surface area contributed by atoms with Crippen molar-refractivity contribution in [3.63, 3.8) is 0 Å². The van der Waals surface area contributed by atoms with Gasteiger partial charge in [0, 0.05) is 31.4 Å². The van der Waals surface area contributed by atoms with Gasteiger partial charge in [-0.15, -0.1) is 0 Å². The molecule has 3 aliphatic heterocycles. The van der Waals surface area contributed by atoms with Crippen molar-refractivity contribution in [1.29, 1.82) is 0 Å². The zero-order valence-electron chi connectivity index (χ0n) is 32.1. The topological polar surface area (TPSA) is 163 Å². The number of amides is 1. The fraction of sp³-hybridized carbons (Fsp3) is 0.838. The van der Waals surface area contributed by atoms with E-state index in [0.29, 0.717) is 17.7 Å². The number of aliphatic hydroxyl groups is 2. The number of rotatable bonds is 5. The number of esters is 2. The van der Waals surface area contributed by atoms with Gasteiger partial charge in [-0.25, -0.2) is 4.99 Å². The highest BCUT2D eigenvalue weighted by molar-refractivity contribution is 5.97. The normalized spacial score (nSPS) is 43.4. The summed E-state index contributed by atoms with van der Waals surface area (Å²) in [5.41, 5.74) is -1.93. The van der Waals surface area contributed by atoms with Gasteiger partial charge < -0.3 is 43.5 Å². The zero-order valence-corrected chi connectivity index (χ0v) is 32.1. The fourth-order valence-corrected chi connectivity index (χ4v) is 8.05. The number of carbonyl (C=O) groups excluding carboxylic acids is 3. The van der Waals surface area contributed by atoms with Crippen LogP contribution < -0.4 is 0 Å². The average Bonchev–Trinajstić information content (AvgIpc) is 3.03. The quantitative estimate of drug-likeness (QED) is 0.316. The fourth-order valence-electron chi connectivity index (χ4n) is 8.05. The van der Waals surface area contributed by atoms with Gasteiger partial charge in [0.15, 0.2) is 12.4 Å². The molecule has 0 aromatic heterocycles. The Labute approximate surface area is 298 Å². The lowest BCUT2D eigenvalue weighted by atomic mass is 9.73. The Balaban J connectivity index is 2.31. The minimum Gasteiger partial charge on any atom is -0.459 e. The summed E-state index contributed by atoms with van der Waals surface area (Å²) in [5, 5.41) is 24.1. The van der Waals surface area contributed by atoms with E-state index in [1.165, 1.54) is 13.8 Å². The Morgan fingerprint density at radius 2 is 1.72 bits per heavy atom. The van der Waals surface area contributed by atoms with Crippen LogP contribution in [0, 0.1) is 23.7 Å². The standard InChI is InChI=1S/C37H62N2O11/c1-14-28-37(11,44)33-22(5)29(38-25(8)40)20(3)16-36(10,46-18-19(2)17-45-33)32(23(6)30(42)24(7)34(43)49-28)50-35-31(48-26(9)41)27(39(12)13)15-21(4)47-35/h20-24,27-28,30-33,35,42,44H,2,14-18H2,1,3-13H3/t20-,21-,22+,23+,24-,27+,28-,30+,31-,32?,33-,35+,36-,37-/m1/s1. The number of likely N-dealkylation sites (N-methyl/N-ethyl adjacent to an activating group) is 1. The smallest absolute Gasteiger partial charge is 0.311 e. The van der Waals surface area contributed by atoms with Gasteiger partial charge in [0.2, 0.25) is 5.91 Å². The second-order valence-corrected chi connectivity index (χ2v) is 15.4. The van der Waals surface area contributed by atoms with Gasteiger partial charge in [0.1, 0.15) is 11.7 Å². The first-order chi connectivity index (χ1) is 23.1. The van der Waals surface area contributed by atoms with Crippen LogP contribution >= 0.6 is 0 Å². The molecule has 1 amide bonds. The second kappa shape index (κ2) is 17.0. The first-order valence-electron chi connectivity index (χ1n) is 17.9. The van der Waals surface area contributed by atoms with Gasteiger partial charge in [-0.05, 0) is 72.5 Å². The summed E-state index contributed by atoms with van der Waals surface area (Å²) in [6.07, 6.45) is -5.38. The Kier molecular flexibility index (Phi) is 14.4. The molecule has 13 nitrogen and oxygen atoms in total. The molecular weight excluding hydrogens is 648 g/mol. The Morgan fingerprint density at radius 1 is 1.08 bits per heavy atom. The molecule has 0 aliphatic carbocycles. The minimum absolute atomic E-state index is 0.00422. The van der Waals surface area contributed by atoms with E-state index in [9.17, 15) is 24.6 Å². The van der Waals surface area contributed by atoms with Crippen LogP contribution in [0.1, 0.15) is 88.5 Å². The lowest BCUT2D eigenvalue weighted by Crippen LogP contribution is -2.61. The minimum atomic E-state index is -1.73. The molecule has 0 spiro atoms. The summed E-state index contributed by atoms with van der Waals surface area (Å²) in [5.74, 6) is -4.51. The summed E-state index contributed by atoms with van der Waals surface area (Å²) in [6.45, 7) is 21.1. The Hall–Kier alpha value is -2.26. The number of hydrogen-bond donors (Lipinski definition) is 2. The predicted octanol–water partition coefficient (Wildman–Crippen LogP) is 3.47. The summed E-state index contributed by atoms with van der Waals surface area (Å²) >= 11 is 0. The maximum atomic E-state index is 13.8. The molecular formula is C37H62N2O11. The molecule has 0 radical (unpaired) electrons. The van der Waals surface area contributed by atoms with Gasteiger partial charge in [0.25, 0.3) is 0 Å². The van der Waals surface area contributed by atoms with Crippen molar-refractivity contribution >= 4 is 23.6 Å². The van der Waals surface area contributed by atoms with Crippen LogP contribution in [-0.2, 0) is 42.8 Å². The van der Waals surface area contributed by atoms with E-state index in [0.717, 1.165) is 0 Å². The van der Waals surface area contributed by atoms with E-state index in [2.05, 4.69) is 11.6 Å². The number of carbonyl (C=O) groups is 3. The molecule has 3 heterocycles. The highest BCUT2D eigenvalue weighted by Gasteiger charge is 2.53. The molecule has 3 fully saturated rings. The molecule has 0 aromatic rings. The molecule has 2 N–H and O–H groups in total. The van der Waals surface area contributed by atoms with Gasteiger partial charge in [0.05, 0.1) is 55.2 Å². The number of cyclic esters (lactones) is 1. The van der Waals surface area contributed by atoms with Crippen LogP contribution in [0.25, 0.3) is 0 Å². The zero-order chi connectivity index (χ0) is 37.9. The van der Waals surface area contributed by atoms with Gasteiger partial charge in [-0.3, -0.25) is 14.4 Å². The lowest BCUT2D eigenvalue weighted by molar-refractivity contribution is -0.304. The third kappa shape index (κ3) is 9.58. The lowest BCUT2D eigenvalue weighted by Gasteiger charge is -2.49. The van der Waals surface area contributed by atoms with Crippen molar-refractivity contribution in [2.24, 2.45) is 28.7 Å². The number of aliphatic imine (C=N–C) groups is 1.